The van der Waals surface area contributed by atoms with Crippen molar-refractivity contribution in [1.29, 1.82) is 0 Å². The third-order valence-corrected chi connectivity index (χ3v) is 2.13. The molecule has 2 N–H and O–H groups in total. The van der Waals surface area contributed by atoms with Crippen molar-refractivity contribution in [3.05, 3.63) is 22.7 Å². The van der Waals surface area contributed by atoms with Crippen LogP contribution in [-0.4, -0.2) is 19.6 Å². The number of primary amides is 1. The number of amides is 1. The Morgan fingerprint density at radius 2 is 2.13 bits per heavy atom. The number of benzene rings is 1. The van der Waals surface area contributed by atoms with Gasteiger partial charge in [0.2, 0.25) is 5.91 Å². The Morgan fingerprint density at radius 1 is 1.47 bits per heavy atom. The molecule has 0 radical (unpaired) electrons. The molecule has 0 aliphatic carbocycles. The summed E-state index contributed by atoms with van der Waals surface area (Å²) in [6, 6.07) is 2.99. The molecule has 1 aromatic carbocycles. The SMILES string of the molecule is CCOc1cc(C(N)=O)c(Cl)cc1OC. The van der Waals surface area contributed by atoms with Crippen LogP contribution in [0.4, 0.5) is 0 Å². The first-order valence-electron chi connectivity index (χ1n) is 4.40. The molecule has 15 heavy (non-hydrogen) atoms. The number of nitrogens with two attached hydrogens (primary N) is 1. The van der Waals surface area contributed by atoms with Crippen molar-refractivity contribution in [3.63, 3.8) is 0 Å². The summed E-state index contributed by atoms with van der Waals surface area (Å²) < 4.78 is 10.3. The first-order chi connectivity index (χ1) is 7.10. The van der Waals surface area contributed by atoms with Gasteiger partial charge in [0.1, 0.15) is 0 Å². The quantitative estimate of drug-likeness (QED) is 0.857. The number of halogens is 1. The van der Waals surface area contributed by atoms with Gasteiger partial charge in [-0.1, -0.05) is 11.6 Å². The van der Waals surface area contributed by atoms with Crippen molar-refractivity contribution in [1.82, 2.24) is 0 Å². The second-order valence-corrected chi connectivity index (χ2v) is 3.19. The van der Waals surface area contributed by atoms with Gasteiger partial charge in [0.25, 0.3) is 0 Å². The van der Waals surface area contributed by atoms with E-state index in [0.29, 0.717) is 18.1 Å². The second kappa shape index (κ2) is 4.89. The summed E-state index contributed by atoms with van der Waals surface area (Å²) in [4.78, 5) is 11.0. The summed E-state index contributed by atoms with van der Waals surface area (Å²) in [6.45, 7) is 2.30. The predicted molar refractivity (Wildman–Crippen MR) is 57.7 cm³/mol. The minimum Gasteiger partial charge on any atom is -0.493 e. The molecule has 0 aliphatic rings. The Labute approximate surface area is 92.9 Å². The Morgan fingerprint density at radius 3 is 2.60 bits per heavy atom. The molecule has 5 heteroatoms. The van der Waals surface area contributed by atoms with E-state index in [1.165, 1.54) is 19.2 Å². The van der Waals surface area contributed by atoms with Crippen LogP contribution in [0.1, 0.15) is 17.3 Å². The number of carbonyl (C=O) groups is 1. The van der Waals surface area contributed by atoms with Crippen molar-refractivity contribution in [3.8, 4) is 11.5 Å². The van der Waals surface area contributed by atoms with Crippen LogP contribution in [0.15, 0.2) is 12.1 Å². The fraction of sp³-hybridized carbons (Fsp3) is 0.300. The van der Waals surface area contributed by atoms with Crippen LogP contribution in [0.2, 0.25) is 5.02 Å². The molecule has 0 saturated carbocycles. The molecule has 0 bridgehead atoms. The predicted octanol–water partition coefficient (Wildman–Crippen LogP) is 1.85. The van der Waals surface area contributed by atoms with Gasteiger partial charge in [-0.15, -0.1) is 0 Å². The van der Waals surface area contributed by atoms with Gasteiger partial charge in [-0.2, -0.15) is 0 Å². The second-order valence-electron chi connectivity index (χ2n) is 2.78. The van der Waals surface area contributed by atoms with Gasteiger partial charge in [-0.25, -0.2) is 0 Å². The van der Waals surface area contributed by atoms with E-state index < -0.39 is 5.91 Å². The standard InChI is InChI=1S/C10H12ClNO3/c1-3-15-9-4-6(10(12)13)7(11)5-8(9)14-2/h4-5H,3H2,1-2H3,(H2,12,13). The molecule has 0 fully saturated rings. The summed E-state index contributed by atoms with van der Waals surface area (Å²) in [5.74, 6) is 0.341. The number of hydrogen-bond donors (Lipinski definition) is 1. The zero-order chi connectivity index (χ0) is 11.4. The minimum atomic E-state index is -0.594. The lowest BCUT2D eigenvalue weighted by atomic mass is 10.2. The highest BCUT2D eigenvalue weighted by Crippen LogP contribution is 2.33. The van der Waals surface area contributed by atoms with Crippen molar-refractivity contribution < 1.29 is 14.3 Å². The van der Waals surface area contributed by atoms with Gasteiger partial charge >= 0.3 is 0 Å². The number of methoxy groups -OCH3 is 1. The average Bonchev–Trinajstić information content (AvgIpc) is 2.20. The van der Waals surface area contributed by atoms with Crippen LogP contribution >= 0.6 is 11.6 Å². The molecule has 0 saturated heterocycles. The number of ether oxygens (including phenoxy) is 2. The lowest BCUT2D eigenvalue weighted by Gasteiger charge is -2.11. The van der Waals surface area contributed by atoms with Gasteiger partial charge in [-0.3, -0.25) is 4.79 Å². The van der Waals surface area contributed by atoms with E-state index >= 15 is 0 Å². The highest BCUT2D eigenvalue weighted by Gasteiger charge is 2.13. The molecule has 82 valence electrons. The average molecular weight is 230 g/mol. The molecular weight excluding hydrogens is 218 g/mol. The highest BCUT2D eigenvalue weighted by molar-refractivity contribution is 6.34. The van der Waals surface area contributed by atoms with Gasteiger partial charge in [0, 0.05) is 6.07 Å². The molecule has 1 amide bonds. The van der Waals surface area contributed by atoms with E-state index in [-0.39, 0.29) is 10.6 Å². The molecule has 0 unspecified atom stereocenters. The first kappa shape index (κ1) is 11.7. The maximum absolute atomic E-state index is 11.0. The van der Waals surface area contributed by atoms with Gasteiger partial charge in [0.05, 0.1) is 24.3 Å². The fourth-order valence-corrected chi connectivity index (χ4v) is 1.40. The molecule has 0 heterocycles. The smallest absolute Gasteiger partial charge is 0.250 e. The van der Waals surface area contributed by atoms with E-state index in [1.807, 2.05) is 6.92 Å². The Kier molecular flexibility index (Phi) is 3.80. The fourth-order valence-electron chi connectivity index (χ4n) is 1.15. The summed E-state index contributed by atoms with van der Waals surface area (Å²) in [5.41, 5.74) is 5.37. The van der Waals surface area contributed by atoms with Crippen LogP contribution in [-0.2, 0) is 0 Å². The van der Waals surface area contributed by atoms with Crippen molar-refractivity contribution >= 4 is 17.5 Å². The molecule has 0 aliphatic heterocycles. The molecule has 0 aromatic heterocycles. The summed E-state index contributed by atoms with van der Waals surface area (Å²) >= 11 is 5.84. The summed E-state index contributed by atoms with van der Waals surface area (Å²) in [6.07, 6.45) is 0. The largest absolute Gasteiger partial charge is 0.493 e. The van der Waals surface area contributed by atoms with Crippen molar-refractivity contribution in [2.24, 2.45) is 5.73 Å². The van der Waals surface area contributed by atoms with Gasteiger partial charge in [0.15, 0.2) is 11.5 Å². The summed E-state index contributed by atoms with van der Waals surface area (Å²) in [5, 5.41) is 0.253. The zero-order valence-electron chi connectivity index (χ0n) is 8.54. The first-order valence-corrected chi connectivity index (χ1v) is 4.78. The Balaban J connectivity index is 3.23. The molecule has 1 rings (SSSR count). The minimum absolute atomic E-state index is 0.223. The van der Waals surface area contributed by atoms with E-state index in [2.05, 4.69) is 0 Å². The normalized spacial score (nSPS) is 9.80. The van der Waals surface area contributed by atoms with E-state index in [1.54, 1.807) is 0 Å². The molecule has 1 aromatic rings. The van der Waals surface area contributed by atoms with E-state index in [9.17, 15) is 4.79 Å². The maximum Gasteiger partial charge on any atom is 0.250 e. The molecule has 0 atom stereocenters. The third-order valence-electron chi connectivity index (χ3n) is 1.82. The molecule has 0 spiro atoms. The maximum atomic E-state index is 11.0. The molecular formula is C10H12ClNO3. The van der Waals surface area contributed by atoms with Gasteiger partial charge < -0.3 is 15.2 Å². The van der Waals surface area contributed by atoms with Crippen LogP contribution in [0.5, 0.6) is 11.5 Å². The van der Waals surface area contributed by atoms with Crippen LogP contribution in [0.25, 0.3) is 0 Å². The third kappa shape index (κ3) is 2.53. The van der Waals surface area contributed by atoms with E-state index in [4.69, 9.17) is 26.8 Å². The van der Waals surface area contributed by atoms with Crippen molar-refractivity contribution in [2.45, 2.75) is 6.92 Å². The zero-order valence-corrected chi connectivity index (χ0v) is 9.30. The number of rotatable bonds is 4. The van der Waals surface area contributed by atoms with Crippen LogP contribution in [0, 0.1) is 0 Å². The topological polar surface area (TPSA) is 61.5 Å². The lowest BCUT2D eigenvalue weighted by molar-refractivity contribution is 0.1000. The Bertz CT molecular complexity index is 379. The Hall–Kier alpha value is -1.42. The van der Waals surface area contributed by atoms with E-state index in [0.717, 1.165) is 0 Å². The van der Waals surface area contributed by atoms with Gasteiger partial charge in [-0.05, 0) is 13.0 Å². The molecule has 4 nitrogen and oxygen atoms in total. The van der Waals surface area contributed by atoms with Crippen molar-refractivity contribution in [2.75, 3.05) is 13.7 Å². The number of hydrogen-bond acceptors (Lipinski definition) is 3. The highest BCUT2D eigenvalue weighted by atomic mass is 35.5. The summed E-state index contributed by atoms with van der Waals surface area (Å²) in [7, 11) is 1.50. The lowest BCUT2D eigenvalue weighted by Crippen LogP contribution is -2.12. The number of carbonyl (C=O) groups excluding carboxylic acids is 1. The van der Waals surface area contributed by atoms with Crippen LogP contribution in [0.3, 0.4) is 0 Å². The monoisotopic (exact) mass is 229 g/mol. The van der Waals surface area contributed by atoms with Crippen LogP contribution < -0.4 is 15.2 Å².